The molecule has 0 atom stereocenters. The highest BCUT2D eigenvalue weighted by Gasteiger charge is 2.15. The molecule has 3 heteroatoms. The first-order valence-electron chi connectivity index (χ1n) is 7.07. The van der Waals surface area contributed by atoms with Crippen LogP contribution in [0.2, 0.25) is 0 Å². The Hall–Kier alpha value is -1.61. The Morgan fingerprint density at radius 1 is 1.05 bits per heavy atom. The van der Waals surface area contributed by atoms with Crippen LogP contribution in [0.25, 0.3) is 0 Å². The summed E-state index contributed by atoms with van der Waals surface area (Å²) in [6, 6.07) is 11.8. The number of benzene rings is 2. The van der Waals surface area contributed by atoms with E-state index in [1.165, 1.54) is 0 Å². The topological polar surface area (TPSA) is 29.1 Å². The number of nitrogens with one attached hydrogen (secondary N) is 1. The van der Waals surface area contributed by atoms with Crippen LogP contribution in [-0.2, 0) is 0 Å². The van der Waals surface area contributed by atoms with Crippen LogP contribution in [0.1, 0.15) is 46.8 Å². The van der Waals surface area contributed by atoms with Gasteiger partial charge in [0.2, 0.25) is 0 Å². The van der Waals surface area contributed by atoms with Gasteiger partial charge in [-0.25, -0.2) is 0 Å². The Kier molecular flexibility index (Phi) is 4.84. The molecule has 1 amide bonds. The van der Waals surface area contributed by atoms with Crippen molar-refractivity contribution in [2.45, 2.75) is 33.6 Å². The third-order valence-corrected chi connectivity index (χ3v) is 4.65. The monoisotopic (exact) mass is 345 g/mol. The molecule has 0 aliphatic carbocycles. The Morgan fingerprint density at radius 2 is 1.67 bits per heavy atom. The van der Waals surface area contributed by atoms with Gasteiger partial charge in [0.05, 0.1) is 5.56 Å². The molecule has 0 bridgehead atoms. The molecule has 0 spiro atoms. The first-order valence-corrected chi connectivity index (χ1v) is 7.87. The Labute approximate surface area is 134 Å². The average molecular weight is 346 g/mol. The number of amides is 1. The molecule has 0 heterocycles. The Bertz CT molecular complexity index is 677. The van der Waals surface area contributed by atoms with Crippen LogP contribution in [-0.4, -0.2) is 5.91 Å². The van der Waals surface area contributed by atoms with Gasteiger partial charge >= 0.3 is 0 Å². The maximum Gasteiger partial charge on any atom is 0.256 e. The second kappa shape index (κ2) is 6.44. The molecule has 0 saturated carbocycles. The number of hydrogen-bond acceptors (Lipinski definition) is 1. The maximum absolute atomic E-state index is 12.6. The molecule has 2 aromatic rings. The van der Waals surface area contributed by atoms with Gasteiger partial charge in [-0.2, -0.15) is 0 Å². The van der Waals surface area contributed by atoms with E-state index in [0.717, 1.165) is 26.9 Å². The molecule has 21 heavy (non-hydrogen) atoms. The van der Waals surface area contributed by atoms with E-state index < -0.39 is 0 Å². The minimum atomic E-state index is -0.0817. The number of carbonyl (C=O) groups excluding carboxylic acids is 1. The van der Waals surface area contributed by atoms with E-state index in [4.69, 9.17) is 0 Å². The molecule has 2 nitrogen and oxygen atoms in total. The summed E-state index contributed by atoms with van der Waals surface area (Å²) in [5.74, 6) is 0.280. The Balaban J connectivity index is 2.39. The van der Waals surface area contributed by atoms with E-state index in [2.05, 4.69) is 41.2 Å². The van der Waals surface area contributed by atoms with Crippen molar-refractivity contribution >= 4 is 27.5 Å². The van der Waals surface area contributed by atoms with Crippen LogP contribution >= 0.6 is 15.9 Å². The third-order valence-electron chi connectivity index (χ3n) is 3.60. The molecule has 1 N–H and O–H groups in total. The minimum Gasteiger partial charge on any atom is -0.321 e. The second-order valence-corrected chi connectivity index (χ2v) is 6.38. The molecule has 0 saturated heterocycles. The van der Waals surface area contributed by atoms with Crippen molar-refractivity contribution in [1.29, 1.82) is 0 Å². The summed E-state index contributed by atoms with van der Waals surface area (Å²) in [4.78, 5) is 12.6. The molecule has 0 unspecified atom stereocenters. The summed E-state index contributed by atoms with van der Waals surface area (Å²) in [5.41, 5.74) is 4.88. The number of hydrogen-bond donors (Lipinski definition) is 1. The normalized spacial score (nSPS) is 10.8. The van der Waals surface area contributed by atoms with E-state index in [1.807, 2.05) is 44.2 Å². The zero-order chi connectivity index (χ0) is 15.6. The summed E-state index contributed by atoms with van der Waals surface area (Å²) < 4.78 is 0.849. The highest BCUT2D eigenvalue weighted by molar-refractivity contribution is 9.10. The lowest BCUT2D eigenvalue weighted by molar-refractivity contribution is 0.102. The number of carbonyl (C=O) groups is 1. The predicted molar refractivity (Wildman–Crippen MR) is 92.1 cm³/mol. The van der Waals surface area contributed by atoms with Crippen molar-refractivity contribution in [1.82, 2.24) is 0 Å². The van der Waals surface area contributed by atoms with E-state index in [-0.39, 0.29) is 5.91 Å². The number of rotatable bonds is 3. The van der Waals surface area contributed by atoms with Gasteiger partial charge in [0, 0.05) is 10.2 Å². The summed E-state index contributed by atoms with van der Waals surface area (Å²) in [6.45, 7) is 8.26. The highest BCUT2D eigenvalue weighted by atomic mass is 79.9. The summed E-state index contributed by atoms with van der Waals surface area (Å²) in [7, 11) is 0. The lowest BCUT2D eigenvalue weighted by Crippen LogP contribution is -2.15. The highest BCUT2D eigenvalue weighted by Crippen LogP contribution is 2.29. The second-order valence-electron chi connectivity index (χ2n) is 5.58. The van der Waals surface area contributed by atoms with Crippen LogP contribution in [0.3, 0.4) is 0 Å². The molecule has 0 aliphatic heterocycles. The van der Waals surface area contributed by atoms with E-state index in [9.17, 15) is 4.79 Å². The maximum atomic E-state index is 12.6. The molecule has 0 fully saturated rings. The zero-order valence-electron chi connectivity index (χ0n) is 12.8. The first-order chi connectivity index (χ1) is 9.91. The van der Waals surface area contributed by atoms with Gasteiger partial charge in [-0.1, -0.05) is 44.2 Å². The minimum absolute atomic E-state index is 0.0817. The number of anilines is 1. The number of para-hydroxylation sites is 1. The molecular formula is C18H20BrNO. The molecule has 0 radical (unpaired) electrons. The van der Waals surface area contributed by atoms with Crippen molar-refractivity contribution in [3.05, 3.63) is 63.1 Å². The Morgan fingerprint density at radius 3 is 2.33 bits per heavy atom. The van der Waals surface area contributed by atoms with E-state index in [1.54, 1.807) is 0 Å². The molecule has 110 valence electrons. The van der Waals surface area contributed by atoms with Crippen LogP contribution in [0, 0.1) is 13.8 Å². The van der Waals surface area contributed by atoms with Crippen molar-refractivity contribution in [2.75, 3.05) is 5.32 Å². The fourth-order valence-electron chi connectivity index (χ4n) is 2.35. The summed E-state index contributed by atoms with van der Waals surface area (Å²) in [6.07, 6.45) is 0. The molecule has 0 aromatic heterocycles. The molecule has 2 rings (SSSR count). The van der Waals surface area contributed by atoms with Gasteiger partial charge in [0.1, 0.15) is 0 Å². The van der Waals surface area contributed by atoms with Gasteiger partial charge in [-0.15, -0.1) is 0 Å². The average Bonchev–Trinajstić information content (AvgIpc) is 2.43. The first kappa shape index (κ1) is 15.8. The van der Waals surface area contributed by atoms with Gasteiger partial charge in [0.15, 0.2) is 0 Å². The van der Waals surface area contributed by atoms with Gasteiger partial charge in [-0.3, -0.25) is 4.79 Å². The summed E-state index contributed by atoms with van der Waals surface area (Å²) >= 11 is 3.50. The van der Waals surface area contributed by atoms with Crippen LogP contribution < -0.4 is 5.32 Å². The molecule has 2 aromatic carbocycles. The lowest BCUT2D eigenvalue weighted by Gasteiger charge is -2.17. The van der Waals surface area contributed by atoms with Gasteiger partial charge in [0.25, 0.3) is 5.91 Å². The summed E-state index contributed by atoms with van der Waals surface area (Å²) in [5, 5.41) is 3.08. The van der Waals surface area contributed by atoms with Crippen molar-refractivity contribution in [3.8, 4) is 0 Å². The zero-order valence-corrected chi connectivity index (χ0v) is 14.4. The lowest BCUT2D eigenvalue weighted by atomic mass is 9.98. The van der Waals surface area contributed by atoms with Gasteiger partial charge < -0.3 is 5.32 Å². The van der Waals surface area contributed by atoms with Crippen LogP contribution in [0.4, 0.5) is 5.69 Å². The quantitative estimate of drug-likeness (QED) is 0.788. The number of halogens is 1. The smallest absolute Gasteiger partial charge is 0.256 e. The van der Waals surface area contributed by atoms with E-state index >= 15 is 0 Å². The number of aryl methyl sites for hydroxylation is 2. The van der Waals surface area contributed by atoms with Crippen molar-refractivity contribution in [2.24, 2.45) is 0 Å². The van der Waals surface area contributed by atoms with Gasteiger partial charge in [-0.05, 0) is 58.5 Å². The fraction of sp³-hybridized carbons (Fsp3) is 0.278. The fourth-order valence-corrected chi connectivity index (χ4v) is 2.79. The molecule has 0 aliphatic rings. The van der Waals surface area contributed by atoms with E-state index in [0.29, 0.717) is 11.5 Å². The van der Waals surface area contributed by atoms with Crippen molar-refractivity contribution < 1.29 is 4.79 Å². The molecular weight excluding hydrogens is 326 g/mol. The van der Waals surface area contributed by atoms with Crippen molar-refractivity contribution in [3.63, 3.8) is 0 Å². The SMILES string of the molecule is Cc1cccc(C(=O)Nc2c(C)cccc2C(C)C)c1Br. The largest absolute Gasteiger partial charge is 0.321 e. The van der Waals surface area contributed by atoms with Crippen LogP contribution in [0.5, 0.6) is 0 Å². The predicted octanol–water partition coefficient (Wildman–Crippen LogP) is 5.44. The van der Waals surface area contributed by atoms with Crippen LogP contribution in [0.15, 0.2) is 40.9 Å². The standard InChI is InChI=1S/C18H20BrNO/c1-11(2)14-9-6-8-13(4)17(14)20-18(21)15-10-5-7-12(3)16(15)19/h5-11H,1-4H3,(H,20,21). The third kappa shape index (κ3) is 3.35.